The van der Waals surface area contributed by atoms with Crippen molar-refractivity contribution in [2.45, 2.75) is 38.8 Å². The number of ether oxygens (including phenoxy) is 1. The molecule has 0 heterocycles. The Balaban J connectivity index is 1.79. The molecule has 0 aliphatic heterocycles. The van der Waals surface area contributed by atoms with Gasteiger partial charge in [-0.2, -0.15) is 0 Å². The Labute approximate surface area is 158 Å². The number of amides is 3. The van der Waals surface area contributed by atoms with Crippen molar-refractivity contribution >= 4 is 17.9 Å². The summed E-state index contributed by atoms with van der Waals surface area (Å²) in [4.78, 5) is 36.0. The van der Waals surface area contributed by atoms with E-state index in [2.05, 4.69) is 10.6 Å². The van der Waals surface area contributed by atoms with Crippen LogP contribution < -0.4 is 15.4 Å². The number of benzene rings is 1. The van der Waals surface area contributed by atoms with Gasteiger partial charge in [0.2, 0.25) is 0 Å². The maximum Gasteiger partial charge on any atom is 0.317 e. The molecule has 2 unspecified atom stereocenters. The third-order valence-corrected chi connectivity index (χ3v) is 4.35. The van der Waals surface area contributed by atoms with Gasteiger partial charge in [0.15, 0.2) is 6.61 Å². The Morgan fingerprint density at radius 3 is 2.41 bits per heavy atom. The molecule has 1 aliphatic rings. The zero-order valence-corrected chi connectivity index (χ0v) is 15.9. The largest absolute Gasteiger partial charge is 0.484 e. The molecule has 3 amide bonds. The Morgan fingerprint density at radius 1 is 1.22 bits per heavy atom. The standard InChI is InChI=1S/C19H27N3O5/c1-12(18(24)25)10-22(3)19(26)20-13(2)14-4-8-16(9-5-14)27-11-17(23)21-15-6-7-15/h4-5,8-9,12-13,15H,6-7,10-11H2,1-3H3,(H,20,26)(H,21,23)(H,24,25). The monoisotopic (exact) mass is 377 g/mol. The summed E-state index contributed by atoms with van der Waals surface area (Å²) in [6.45, 7) is 3.50. The van der Waals surface area contributed by atoms with Gasteiger partial charge in [-0.05, 0) is 37.5 Å². The summed E-state index contributed by atoms with van der Waals surface area (Å²) >= 11 is 0. The first-order valence-electron chi connectivity index (χ1n) is 9.02. The molecule has 8 nitrogen and oxygen atoms in total. The Hall–Kier alpha value is -2.77. The molecular weight excluding hydrogens is 350 g/mol. The lowest BCUT2D eigenvalue weighted by Crippen LogP contribution is -2.41. The molecular formula is C19H27N3O5. The van der Waals surface area contributed by atoms with Crippen molar-refractivity contribution < 1.29 is 24.2 Å². The lowest BCUT2D eigenvalue weighted by atomic mass is 10.1. The van der Waals surface area contributed by atoms with Crippen LogP contribution in [0.5, 0.6) is 5.75 Å². The van der Waals surface area contributed by atoms with E-state index < -0.39 is 11.9 Å². The van der Waals surface area contributed by atoms with Crippen molar-refractivity contribution in [1.82, 2.24) is 15.5 Å². The van der Waals surface area contributed by atoms with Gasteiger partial charge < -0.3 is 25.4 Å². The van der Waals surface area contributed by atoms with Gasteiger partial charge in [-0.3, -0.25) is 9.59 Å². The number of carboxylic acid groups (broad SMARTS) is 1. The quantitative estimate of drug-likeness (QED) is 0.608. The first kappa shape index (κ1) is 20.5. The number of hydrogen-bond acceptors (Lipinski definition) is 4. The van der Waals surface area contributed by atoms with E-state index in [0.717, 1.165) is 18.4 Å². The Bertz CT molecular complexity index is 672. The summed E-state index contributed by atoms with van der Waals surface area (Å²) in [6.07, 6.45) is 2.07. The van der Waals surface area contributed by atoms with Gasteiger partial charge in [0.05, 0.1) is 12.0 Å². The molecule has 0 radical (unpaired) electrons. The van der Waals surface area contributed by atoms with Crippen molar-refractivity contribution in [2.75, 3.05) is 20.2 Å². The second-order valence-electron chi connectivity index (χ2n) is 6.99. The number of carbonyl (C=O) groups excluding carboxylic acids is 2. The van der Waals surface area contributed by atoms with E-state index in [1.807, 2.05) is 19.1 Å². The fourth-order valence-electron chi connectivity index (χ4n) is 2.45. The molecule has 0 spiro atoms. The molecule has 8 heteroatoms. The van der Waals surface area contributed by atoms with E-state index in [1.165, 1.54) is 4.90 Å². The molecule has 1 saturated carbocycles. The van der Waals surface area contributed by atoms with Gasteiger partial charge in [-0.1, -0.05) is 19.1 Å². The van der Waals surface area contributed by atoms with E-state index in [0.29, 0.717) is 11.8 Å². The lowest BCUT2D eigenvalue weighted by Gasteiger charge is -2.23. The maximum absolute atomic E-state index is 12.2. The SMILES string of the molecule is CC(CN(C)C(=O)NC(C)c1ccc(OCC(=O)NC2CC2)cc1)C(=O)O. The molecule has 0 aromatic heterocycles. The third kappa shape index (κ3) is 6.80. The molecule has 0 saturated heterocycles. The third-order valence-electron chi connectivity index (χ3n) is 4.35. The highest BCUT2D eigenvalue weighted by Crippen LogP contribution is 2.19. The first-order chi connectivity index (χ1) is 12.8. The molecule has 3 N–H and O–H groups in total. The van der Waals surface area contributed by atoms with Crippen LogP contribution in [0.4, 0.5) is 4.79 Å². The average Bonchev–Trinajstić information content (AvgIpc) is 3.44. The van der Waals surface area contributed by atoms with Gasteiger partial charge in [0.1, 0.15) is 5.75 Å². The Morgan fingerprint density at radius 2 is 1.85 bits per heavy atom. The van der Waals surface area contributed by atoms with Crippen LogP contribution >= 0.6 is 0 Å². The van der Waals surface area contributed by atoms with E-state index >= 15 is 0 Å². The second kappa shape index (κ2) is 9.25. The highest BCUT2D eigenvalue weighted by atomic mass is 16.5. The van der Waals surface area contributed by atoms with Crippen molar-refractivity contribution in [3.8, 4) is 5.75 Å². The Kier molecular flexibility index (Phi) is 7.04. The normalized spacial score (nSPS) is 15.4. The molecule has 1 aromatic rings. The summed E-state index contributed by atoms with van der Waals surface area (Å²) in [5.74, 6) is -1.12. The zero-order valence-electron chi connectivity index (χ0n) is 15.9. The summed E-state index contributed by atoms with van der Waals surface area (Å²) in [5.41, 5.74) is 0.873. The molecule has 1 aliphatic carbocycles. The second-order valence-corrected chi connectivity index (χ2v) is 6.99. The summed E-state index contributed by atoms with van der Waals surface area (Å²) < 4.78 is 5.45. The predicted molar refractivity (Wildman–Crippen MR) is 99.5 cm³/mol. The molecule has 27 heavy (non-hydrogen) atoms. The highest BCUT2D eigenvalue weighted by Gasteiger charge is 2.23. The maximum atomic E-state index is 12.2. The van der Waals surface area contributed by atoms with Crippen LogP contribution in [0.3, 0.4) is 0 Å². The molecule has 1 aromatic carbocycles. The number of aliphatic carboxylic acids is 1. The topological polar surface area (TPSA) is 108 Å². The van der Waals surface area contributed by atoms with Gasteiger partial charge in [-0.25, -0.2) is 4.79 Å². The van der Waals surface area contributed by atoms with Crippen LogP contribution in [0.25, 0.3) is 0 Å². The number of urea groups is 1. The molecule has 1 fully saturated rings. The summed E-state index contributed by atoms with van der Waals surface area (Å²) in [6, 6.07) is 6.85. The highest BCUT2D eigenvalue weighted by molar-refractivity contribution is 5.78. The van der Waals surface area contributed by atoms with E-state index in [-0.39, 0.29) is 31.1 Å². The smallest absolute Gasteiger partial charge is 0.317 e. The predicted octanol–water partition coefficient (Wildman–Crippen LogP) is 1.77. The zero-order chi connectivity index (χ0) is 20.0. The van der Waals surface area contributed by atoms with Crippen molar-refractivity contribution in [2.24, 2.45) is 5.92 Å². The molecule has 2 rings (SSSR count). The number of carboxylic acids is 1. The first-order valence-corrected chi connectivity index (χ1v) is 9.02. The minimum Gasteiger partial charge on any atom is -0.484 e. The minimum atomic E-state index is -0.941. The summed E-state index contributed by atoms with van der Waals surface area (Å²) in [5, 5.41) is 14.6. The fourth-order valence-corrected chi connectivity index (χ4v) is 2.45. The van der Waals surface area contributed by atoms with Gasteiger partial charge in [-0.15, -0.1) is 0 Å². The average molecular weight is 377 g/mol. The van der Waals surface area contributed by atoms with Crippen LogP contribution in [-0.4, -0.2) is 54.2 Å². The molecule has 0 bridgehead atoms. The van der Waals surface area contributed by atoms with Gasteiger partial charge in [0, 0.05) is 19.6 Å². The lowest BCUT2D eigenvalue weighted by molar-refractivity contribution is -0.141. The van der Waals surface area contributed by atoms with Crippen LogP contribution in [-0.2, 0) is 9.59 Å². The van der Waals surface area contributed by atoms with E-state index in [1.54, 1.807) is 26.1 Å². The van der Waals surface area contributed by atoms with Crippen LogP contribution in [0.2, 0.25) is 0 Å². The van der Waals surface area contributed by atoms with Crippen LogP contribution in [0, 0.1) is 5.92 Å². The van der Waals surface area contributed by atoms with Crippen molar-refractivity contribution in [3.63, 3.8) is 0 Å². The van der Waals surface area contributed by atoms with Crippen LogP contribution in [0.1, 0.15) is 38.3 Å². The van der Waals surface area contributed by atoms with Gasteiger partial charge >= 0.3 is 12.0 Å². The molecule has 148 valence electrons. The number of carbonyl (C=O) groups is 3. The van der Waals surface area contributed by atoms with Crippen molar-refractivity contribution in [1.29, 1.82) is 0 Å². The number of nitrogens with one attached hydrogen (secondary N) is 2. The summed E-state index contributed by atoms with van der Waals surface area (Å²) in [7, 11) is 1.56. The van der Waals surface area contributed by atoms with E-state index in [4.69, 9.17) is 9.84 Å². The molecule has 2 atom stereocenters. The number of rotatable bonds is 9. The van der Waals surface area contributed by atoms with E-state index in [9.17, 15) is 14.4 Å². The number of nitrogens with zero attached hydrogens (tertiary/aromatic N) is 1. The van der Waals surface area contributed by atoms with Gasteiger partial charge in [0.25, 0.3) is 5.91 Å². The van der Waals surface area contributed by atoms with Crippen LogP contribution in [0.15, 0.2) is 24.3 Å². The fraction of sp³-hybridized carbons (Fsp3) is 0.526. The van der Waals surface area contributed by atoms with Crippen molar-refractivity contribution in [3.05, 3.63) is 29.8 Å². The number of hydrogen-bond donors (Lipinski definition) is 3. The minimum absolute atomic E-state index is 0.0192.